The minimum absolute atomic E-state index is 0.0171. The van der Waals surface area contributed by atoms with Crippen LogP contribution in [0, 0.1) is 11.7 Å². The van der Waals surface area contributed by atoms with E-state index in [0.717, 1.165) is 22.6 Å². The fraction of sp³-hybridized carbons (Fsp3) is 0.292. The first-order valence-corrected chi connectivity index (χ1v) is 11.8. The molecule has 1 aromatic heterocycles. The first kappa shape index (κ1) is 24.3. The van der Waals surface area contributed by atoms with Gasteiger partial charge in [-0.3, -0.25) is 14.4 Å². The molecule has 0 aliphatic carbocycles. The van der Waals surface area contributed by atoms with Crippen LogP contribution >= 0.6 is 11.3 Å². The molecule has 1 atom stereocenters. The summed E-state index contributed by atoms with van der Waals surface area (Å²) in [5.74, 6) is -1.02. The second-order valence-corrected chi connectivity index (χ2v) is 9.01. The van der Waals surface area contributed by atoms with Crippen molar-refractivity contribution in [2.45, 2.75) is 19.4 Å². The zero-order valence-corrected chi connectivity index (χ0v) is 19.8. The maximum absolute atomic E-state index is 13.0. The molecule has 11 heteroatoms. The monoisotopic (exact) mass is 497 g/mol. The molecule has 9 nitrogen and oxygen atoms in total. The number of rotatable bonds is 7. The number of benzene rings is 2. The van der Waals surface area contributed by atoms with Crippen LogP contribution in [-0.4, -0.2) is 53.0 Å². The molecule has 1 fully saturated rings. The van der Waals surface area contributed by atoms with Crippen molar-refractivity contribution < 1.29 is 23.5 Å². The Labute approximate surface area is 205 Å². The van der Waals surface area contributed by atoms with Gasteiger partial charge < -0.3 is 20.3 Å². The summed E-state index contributed by atoms with van der Waals surface area (Å²) in [6, 6.07) is 12.7. The molecule has 0 bridgehead atoms. The van der Waals surface area contributed by atoms with Crippen LogP contribution in [0.2, 0.25) is 0 Å². The molecule has 0 radical (unpaired) electrons. The summed E-state index contributed by atoms with van der Waals surface area (Å²) in [5.41, 5.74) is 1.35. The van der Waals surface area contributed by atoms with Crippen LogP contribution in [0.25, 0.3) is 0 Å². The highest BCUT2D eigenvalue weighted by atomic mass is 32.1. The molecule has 0 spiro atoms. The highest BCUT2D eigenvalue weighted by Crippen LogP contribution is 2.21. The zero-order valence-electron chi connectivity index (χ0n) is 19.0. The Kier molecular flexibility index (Phi) is 7.66. The van der Waals surface area contributed by atoms with E-state index in [2.05, 4.69) is 20.8 Å². The second kappa shape index (κ2) is 11.0. The minimum atomic E-state index is -0.539. The van der Waals surface area contributed by atoms with Gasteiger partial charge >= 0.3 is 0 Å². The van der Waals surface area contributed by atoms with Gasteiger partial charge in [0.1, 0.15) is 11.6 Å². The summed E-state index contributed by atoms with van der Waals surface area (Å²) >= 11 is 0.875. The third-order valence-corrected chi connectivity index (χ3v) is 6.52. The number of hydrogen-bond acceptors (Lipinski definition) is 7. The number of piperidine rings is 1. The van der Waals surface area contributed by atoms with E-state index in [1.165, 1.54) is 24.3 Å². The van der Waals surface area contributed by atoms with Crippen molar-refractivity contribution in [3.8, 4) is 5.75 Å². The Bertz CT molecular complexity index is 1200. The molecule has 2 aromatic carbocycles. The average Bonchev–Trinajstić information content (AvgIpc) is 3.39. The number of carbonyl (C=O) groups excluding carboxylic acids is 3. The van der Waals surface area contributed by atoms with Crippen molar-refractivity contribution in [3.05, 3.63) is 69.9 Å². The molecule has 182 valence electrons. The minimum Gasteiger partial charge on any atom is -0.497 e. The lowest BCUT2D eigenvalue weighted by Gasteiger charge is -2.31. The van der Waals surface area contributed by atoms with Gasteiger partial charge in [-0.1, -0.05) is 23.5 Å². The lowest BCUT2D eigenvalue weighted by molar-refractivity contribution is -0.126. The standard InChI is InChI=1S/C24H24FN5O4S/c1-34-19-10-4-15(5-11-19)13-26-20(31)16-3-2-12-30(14-16)24(33)23-29-28-22(35-23)21(32)27-18-8-6-17(25)7-9-18/h4-11,16H,2-3,12-14H2,1H3,(H,26,31)(H,27,32)/t16-/m1/s1. The first-order chi connectivity index (χ1) is 16.9. The number of ether oxygens (including phenoxy) is 1. The molecule has 4 rings (SSSR count). The molecular weight excluding hydrogens is 473 g/mol. The van der Waals surface area contributed by atoms with Crippen molar-refractivity contribution in [1.82, 2.24) is 20.4 Å². The number of amides is 3. The molecule has 2 N–H and O–H groups in total. The predicted molar refractivity (Wildman–Crippen MR) is 128 cm³/mol. The van der Waals surface area contributed by atoms with Crippen LogP contribution in [0.15, 0.2) is 48.5 Å². The topological polar surface area (TPSA) is 114 Å². The summed E-state index contributed by atoms with van der Waals surface area (Å²) in [5, 5.41) is 13.3. The number of carbonyl (C=O) groups is 3. The number of halogens is 1. The van der Waals surface area contributed by atoms with Crippen LogP contribution in [0.4, 0.5) is 10.1 Å². The third-order valence-electron chi connectivity index (χ3n) is 5.61. The number of likely N-dealkylation sites (tertiary alicyclic amines) is 1. The molecule has 0 saturated carbocycles. The summed E-state index contributed by atoms with van der Waals surface area (Å²) in [7, 11) is 1.60. The van der Waals surface area contributed by atoms with Gasteiger partial charge in [0.05, 0.1) is 13.0 Å². The van der Waals surface area contributed by atoms with Crippen molar-refractivity contribution in [3.63, 3.8) is 0 Å². The smallest absolute Gasteiger partial charge is 0.286 e. The highest BCUT2D eigenvalue weighted by Gasteiger charge is 2.30. The van der Waals surface area contributed by atoms with Gasteiger partial charge in [0.25, 0.3) is 11.8 Å². The van der Waals surface area contributed by atoms with Gasteiger partial charge in [-0.25, -0.2) is 4.39 Å². The lowest BCUT2D eigenvalue weighted by Crippen LogP contribution is -2.45. The van der Waals surface area contributed by atoms with E-state index in [1.54, 1.807) is 12.0 Å². The van der Waals surface area contributed by atoms with Gasteiger partial charge in [-0.05, 0) is 54.8 Å². The summed E-state index contributed by atoms with van der Waals surface area (Å²) in [4.78, 5) is 39.6. The quantitative estimate of drug-likeness (QED) is 0.519. The number of methoxy groups -OCH3 is 1. The molecule has 35 heavy (non-hydrogen) atoms. The molecule has 1 aliphatic rings. The van der Waals surface area contributed by atoms with E-state index in [1.807, 2.05) is 24.3 Å². The van der Waals surface area contributed by atoms with Gasteiger partial charge in [-0.2, -0.15) is 0 Å². The fourth-order valence-corrected chi connectivity index (χ4v) is 4.41. The third kappa shape index (κ3) is 6.18. The molecule has 0 unspecified atom stereocenters. The zero-order chi connectivity index (χ0) is 24.8. The number of nitrogens with zero attached hydrogens (tertiary/aromatic N) is 3. The largest absolute Gasteiger partial charge is 0.497 e. The Morgan fingerprint density at radius 3 is 2.51 bits per heavy atom. The Hall–Kier alpha value is -3.86. The van der Waals surface area contributed by atoms with Crippen LogP contribution in [0.5, 0.6) is 5.75 Å². The van der Waals surface area contributed by atoms with E-state index < -0.39 is 11.7 Å². The van der Waals surface area contributed by atoms with E-state index >= 15 is 0 Å². The van der Waals surface area contributed by atoms with Crippen molar-refractivity contribution >= 4 is 34.7 Å². The van der Waals surface area contributed by atoms with Crippen LogP contribution in [0.1, 0.15) is 38.0 Å². The van der Waals surface area contributed by atoms with Crippen molar-refractivity contribution in [1.29, 1.82) is 0 Å². The summed E-state index contributed by atoms with van der Waals surface area (Å²) < 4.78 is 18.2. The Balaban J connectivity index is 1.32. The number of nitrogens with one attached hydrogen (secondary N) is 2. The average molecular weight is 498 g/mol. The van der Waals surface area contributed by atoms with E-state index in [9.17, 15) is 18.8 Å². The molecular formula is C24H24FN5O4S. The Morgan fingerprint density at radius 1 is 1.09 bits per heavy atom. The van der Waals surface area contributed by atoms with E-state index in [4.69, 9.17) is 4.74 Å². The van der Waals surface area contributed by atoms with E-state index in [-0.39, 0.29) is 34.3 Å². The molecule has 2 heterocycles. The molecule has 3 amide bonds. The van der Waals surface area contributed by atoms with Crippen molar-refractivity contribution in [2.24, 2.45) is 5.92 Å². The van der Waals surface area contributed by atoms with E-state index in [0.29, 0.717) is 31.6 Å². The first-order valence-electron chi connectivity index (χ1n) is 11.0. The summed E-state index contributed by atoms with van der Waals surface area (Å²) in [6.07, 6.45) is 1.36. The second-order valence-electron chi connectivity index (χ2n) is 8.03. The van der Waals surface area contributed by atoms with Crippen LogP contribution in [-0.2, 0) is 11.3 Å². The maximum Gasteiger partial charge on any atom is 0.286 e. The van der Waals surface area contributed by atoms with Gasteiger partial charge in [-0.15, -0.1) is 10.2 Å². The molecule has 1 aliphatic heterocycles. The number of anilines is 1. The molecule has 1 saturated heterocycles. The fourth-order valence-electron chi connectivity index (χ4n) is 3.71. The maximum atomic E-state index is 13.0. The normalized spacial score (nSPS) is 15.4. The Morgan fingerprint density at radius 2 is 1.80 bits per heavy atom. The number of aromatic nitrogens is 2. The predicted octanol–water partition coefficient (Wildman–Crippen LogP) is 3.11. The molecule has 3 aromatic rings. The van der Waals surface area contributed by atoms with Crippen LogP contribution in [0.3, 0.4) is 0 Å². The van der Waals surface area contributed by atoms with Gasteiger partial charge in [0.2, 0.25) is 15.9 Å². The van der Waals surface area contributed by atoms with Gasteiger partial charge in [0.15, 0.2) is 0 Å². The lowest BCUT2D eigenvalue weighted by atomic mass is 9.97. The highest BCUT2D eigenvalue weighted by molar-refractivity contribution is 7.15. The number of hydrogen-bond donors (Lipinski definition) is 2. The van der Waals surface area contributed by atoms with Crippen molar-refractivity contribution in [2.75, 3.05) is 25.5 Å². The van der Waals surface area contributed by atoms with Gasteiger partial charge in [0, 0.05) is 25.3 Å². The van der Waals surface area contributed by atoms with Crippen LogP contribution < -0.4 is 15.4 Å². The SMILES string of the molecule is COc1ccc(CNC(=O)[C@@H]2CCCN(C(=O)c3nnc(C(=O)Nc4ccc(F)cc4)s3)C2)cc1. The summed E-state index contributed by atoms with van der Waals surface area (Å²) in [6.45, 7) is 1.15.